The highest BCUT2D eigenvalue weighted by molar-refractivity contribution is 5.78. The summed E-state index contributed by atoms with van der Waals surface area (Å²) in [6.07, 6.45) is 3.81. The van der Waals surface area contributed by atoms with E-state index in [4.69, 9.17) is 4.74 Å². The number of hydrogen-bond acceptors (Lipinski definition) is 6. The molecule has 0 bridgehead atoms. The second kappa shape index (κ2) is 11.3. The van der Waals surface area contributed by atoms with Gasteiger partial charge >= 0.3 is 5.97 Å². The second-order valence-corrected chi connectivity index (χ2v) is 8.16. The molecule has 3 aromatic rings. The number of carbonyl (C=O) groups is 2. The topological polar surface area (TPSA) is 93.5 Å². The number of ether oxygens (including phenoxy) is 1. The van der Waals surface area contributed by atoms with Crippen LogP contribution in [0.3, 0.4) is 0 Å². The van der Waals surface area contributed by atoms with Gasteiger partial charge in [-0.2, -0.15) is 0 Å². The van der Waals surface area contributed by atoms with Gasteiger partial charge in [-0.3, -0.25) is 19.0 Å². The number of benzene rings is 2. The zero-order valence-corrected chi connectivity index (χ0v) is 19.0. The van der Waals surface area contributed by atoms with E-state index in [1.54, 1.807) is 6.20 Å². The Bertz CT molecular complexity index is 1180. The van der Waals surface area contributed by atoms with E-state index in [9.17, 15) is 14.4 Å². The number of nitrogens with one attached hydrogen (secondary N) is 1. The molecule has 1 amide bonds. The van der Waals surface area contributed by atoms with Crippen molar-refractivity contribution in [3.8, 4) is 11.3 Å². The SMILES string of the molecule is O=C(Cn1c(-c2ccccc2)cnc(NCCCN2CCCC2=O)c1=O)OCc1ccccc1. The molecule has 8 heteroatoms. The molecular weight excluding hydrogens is 432 g/mol. The fraction of sp³-hybridized carbons (Fsp3) is 0.308. The predicted molar refractivity (Wildman–Crippen MR) is 129 cm³/mol. The van der Waals surface area contributed by atoms with Crippen LogP contribution in [0, 0.1) is 0 Å². The summed E-state index contributed by atoms with van der Waals surface area (Å²) in [5, 5.41) is 3.07. The summed E-state index contributed by atoms with van der Waals surface area (Å²) in [4.78, 5) is 43.8. The predicted octanol–water partition coefficient (Wildman–Crippen LogP) is 3.08. The average molecular weight is 461 g/mol. The van der Waals surface area contributed by atoms with Gasteiger partial charge in [0.05, 0.1) is 11.9 Å². The number of anilines is 1. The van der Waals surface area contributed by atoms with Crippen LogP contribution in [0.25, 0.3) is 11.3 Å². The van der Waals surface area contributed by atoms with E-state index in [-0.39, 0.29) is 24.9 Å². The van der Waals surface area contributed by atoms with E-state index in [1.165, 1.54) is 4.57 Å². The van der Waals surface area contributed by atoms with Crippen molar-refractivity contribution in [2.24, 2.45) is 0 Å². The first kappa shape index (κ1) is 23.2. The van der Waals surface area contributed by atoms with Crippen LogP contribution < -0.4 is 10.9 Å². The Balaban J connectivity index is 1.47. The third kappa shape index (κ3) is 5.89. The zero-order chi connectivity index (χ0) is 23.8. The van der Waals surface area contributed by atoms with Gasteiger partial charge in [0.2, 0.25) is 5.91 Å². The van der Waals surface area contributed by atoms with Crippen molar-refractivity contribution < 1.29 is 14.3 Å². The Morgan fingerprint density at radius 3 is 2.47 bits per heavy atom. The number of likely N-dealkylation sites (tertiary alicyclic amines) is 1. The molecule has 4 rings (SSSR count). The minimum absolute atomic E-state index is 0.139. The molecule has 1 aliphatic heterocycles. The normalized spacial score (nSPS) is 13.2. The molecule has 8 nitrogen and oxygen atoms in total. The first-order valence-electron chi connectivity index (χ1n) is 11.5. The van der Waals surface area contributed by atoms with Crippen molar-refractivity contribution >= 4 is 17.7 Å². The first-order chi connectivity index (χ1) is 16.6. The molecule has 2 aromatic carbocycles. The summed E-state index contributed by atoms with van der Waals surface area (Å²) in [5.74, 6) is -0.155. The van der Waals surface area contributed by atoms with Crippen LogP contribution in [0.15, 0.2) is 71.7 Å². The van der Waals surface area contributed by atoms with Crippen LogP contribution in [-0.4, -0.2) is 46.0 Å². The summed E-state index contributed by atoms with van der Waals surface area (Å²) in [7, 11) is 0. The average Bonchev–Trinajstić information content (AvgIpc) is 3.28. The van der Waals surface area contributed by atoms with Gasteiger partial charge in [-0.05, 0) is 24.0 Å². The lowest BCUT2D eigenvalue weighted by molar-refractivity contribution is -0.145. The number of amides is 1. The monoisotopic (exact) mass is 460 g/mol. The van der Waals surface area contributed by atoms with E-state index in [0.29, 0.717) is 31.6 Å². The highest BCUT2D eigenvalue weighted by Gasteiger charge is 2.19. The molecule has 0 aliphatic carbocycles. The molecule has 1 aromatic heterocycles. The Morgan fingerprint density at radius 2 is 1.76 bits per heavy atom. The maximum absolute atomic E-state index is 13.2. The first-order valence-corrected chi connectivity index (χ1v) is 11.5. The second-order valence-electron chi connectivity index (χ2n) is 8.16. The number of esters is 1. The maximum Gasteiger partial charge on any atom is 0.326 e. The van der Waals surface area contributed by atoms with Crippen molar-refractivity contribution in [2.45, 2.75) is 32.4 Å². The van der Waals surface area contributed by atoms with Gasteiger partial charge < -0.3 is 15.0 Å². The van der Waals surface area contributed by atoms with Crippen LogP contribution in [0.4, 0.5) is 5.82 Å². The lowest BCUT2D eigenvalue weighted by atomic mass is 10.1. The van der Waals surface area contributed by atoms with E-state index < -0.39 is 11.5 Å². The molecule has 0 spiro atoms. The van der Waals surface area contributed by atoms with E-state index in [2.05, 4.69) is 10.3 Å². The molecule has 0 atom stereocenters. The van der Waals surface area contributed by atoms with E-state index in [0.717, 1.165) is 24.1 Å². The summed E-state index contributed by atoms with van der Waals surface area (Å²) in [6, 6.07) is 18.7. The molecule has 0 saturated carbocycles. The standard InChI is InChI=1S/C26H28N4O4/c31-23-13-7-15-29(23)16-8-14-27-25-26(33)30(22(17-28-25)21-11-5-2-6-12-21)18-24(32)34-19-20-9-3-1-4-10-20/h1-6,9-12,17H,7-8,13-16,18-19H2,(H,27,28). The quantitative estimate of drug-likeness (QED) is 0.369. The van der Waals surface area contributed by atoms with E-state index in [1.807, 2.05) is 65.6 Å². The Kier molecular flexibility index (Phi) is 7.70. The fourth-order valence-corrected chi connectivity index (χ4v) is 3.94. The Labute approximate surface area is 198 Å². The van der Waals surface area contributed by atoms with Crippen LogP contribution in [-0.2, 0) is 27.5 Å². The van der Waals surface area contributed by atoms with Gasteiger partial charge in [-0.25, -0.2) is 4.98 Å². The molecule has 1 N–H and O–H groups in total. The summed E-state index contributed by atoms with van der Waals surface area (Å²) < 4.78 is 6.80. The van der Waals surface area contributed by atoms with Crippen molar-refractivity contribution in [1.29, 1.82) is 0 Å². The highest BCUT2D eigenvalue weighted by Crippen LogP contribution is 2.18. The minimum atomic E-state index is -0.507. The molecule has 0 radical (unpaired) electrons. The van der Waals surface area contributed by atoms with Gasteiger partial charge in [0.1, 0.15) is 13.2 Å². The Morgan fingerprint density at radius 1 is 1.03 bits per heavy atom. The molecule has 2 heterocycles. The maximum atomic E-state index is 13.2. The van der Waals surface area contributed by atoms with Gasteiger partial charge in [-0.15, -0.1) is 0 Å². The smallest absolute Gasteiger partial charge is 0.326 e. The van der Waals surface area contributed by atoms with Gasteiger partial charge in [-0.1, -0.05) is 60.7 Å². The summed E-state index contributed by atoms with van der Waals surface area (Å²) >= 11 is 0. The molecule has 1 saturated heterocycles. The van der Waals surface area contributed by atoms with Crippen molar-refractivity contribution in [2.75, 3.05) is 25.0 Å². The van der Waals surface area contributed by atoms with Crippen LogP contribution in [0.2, 0.25) is 0 Å². The number of rotatable bonds is 10. The molecule has 1 fully saturated rings. The minimum Gasteiger partial charge on any atom is -0.459 e. The largest absolute Gasteiger partial charge is 0.459 e. The van der Waals surface area contributed by atoms with Gasteiger partial charge in [0.15, 0.2) is 5.82 Å². The highest BCUT2D eigenvalue weighted by atomic mass is 16.5. The summed E-state index contributed by atoms with van der Waals surface area (Å²) in [5.41, 5.74) is 1.80. The third-order valence-corrected chi connectivity index (χ3v) is 5.72. The number of carbonyl (C=O) groups excluding carboxylic acids is 2. The fourth-order valence-electron chi connectivity index (χ4n) is 3.94. The molecule has 34 heavy (non-hydrogen) atoms. The summed E-state index contributed by atoms with van der Waals surface area (Å²) in [6.45, 7) is 1.85. The molecule has 1 aliphatic rings. The van der Waals surface area contributed by atoms with E-state index >= 15 is 0 Å². The Hall–Kier alpha value is -3.94. The van der Waals surface area contributed by atoms with Crippen LogP contribution >= 0.6 is 0 Å². The van der Waals surface area contributed by atoms with Crippen molar-refractivity contribution in [1.82, 2.24) is 14.5 Å². The molecule has 176 valence electrons. The van der Waals surface area contributed by atoms with Crippen molar-refractivity contribution in [3.63, 3.8) is 0 Å². The number of nitrogens with zero attached hydrogens (tertiary/aromatic N) is 3. The van der Waals surface area contributed by atoms with Crippen molar-refractivity contribution in [3.05, 3.63) is 82.8 Å². The number of aromatic nitrogens is 2. The lowest BCUT2D eigenvalue weighted by Crippen LogP contribution is -2.31. The van der Waals surface area contributed by atoms with Gasteiger partial charge in [0, 0.05) is 26.1 Å². The number of hydrogen-bond donors (Lipinski definition) is 1. The molecular formula is C26H28N4O4. The molecule has 0 unspecified atom stereocenters. The van der Waals surface area contributed by atoms with Crippen LogP contribution in [0.1, 0.15) is 24.8 Å². The zero-order valence-electron chi connectivity index (χ0n) is 19.0. The lowest BCUT2D eigenvalue weighted by Gasteiger charge is -2.16. The third-order valence-electron chi connectivity index (χ3n) is 5.72. The van der Waals surface area contributed by atoms with Gasteiger partial charge in [0.25, 0.3) is 5.56 Å². The van der Waals surface area contributed by atoms with Crippen LogP contribution in [0.5, 0.6) is 0 Å².